The van der Waals surface area contributed by atoms with Crippen LogP contribution >= 0.6 is 0 Å². The third-order valence-corrected chi connectivity index (χ3v) is 3.06. The van der Waals surface area contributed by atoms with E-state index in [1.165, 1.54) is 19.3 Å². The Labute approximate surface area is 81.9 Å². The fraction of sp³-hybridized carbons (Fsp3) is 0.875. The minimum absolute atomic E-state index is 0. The standard InChI is InChI=1S/C8H12O2.Au/c9-8(10)7-4-5-1-2-6(7)3-5;/h5-7H,1-4H2,(H,9,10);. The Hall–Kier alpha value is 0.210. The Morgan fingerprint density at radius 3 is 2.27 bits per heavy atom. The third-order valence-electron chi connectivity index (χ3n) is 3.06. The van der Waals surface area contributed by atoms with E-state index in [4.69, 9.17) is 5.11 Å². The molecule has 0 heterocycles. The van der Waals surface area contributed by atoms with Crippen molar-refractivity contribution in [3.8, 4) is 0 Å². The quantitative estimate of drug-likeness (QED) is 0.737. The molecule has 0 aliphatic heterocycles. The molecule has 0 aromatic heterocycles. The van der Waals surface area contributed by atoms with E-state index < -0.39 is 5.97 Å². The van der Waals surface area contributed by atoms with Gasteiger partial charge in [0, 0.05) is 22.4 Å². The molecule has 3 unspecified atom stereocenters. The van der Waals surface area contributed by atoms with Crippen LogP contribution in [-0.2, 0) is 27.2 Å². The molecule has 2 aliphatic rings. The Bertz CT molecular complexity index is 169. The summed E-state index contributed by atoms with van der Waals surface area (Å²) >= 11 is 0. The minimum Gasteiger partial charge on any atom is -0.481 e. The second-order valence-corrected chi connectivity index (χ2v) is 3.62. The summed E-state index contributed by atoms with van der Waals surface area (Å²) in [5.41, 5.74) is 0. The second-order valence-electron chi connectivity index (χ2n) is 3.62. The van der Waals surface area contributed by atoms with Crippen LogP contribution in [-0.4, -0.2) is 11.1 Å². The fourth-order valence-corrected chi connectivity index (χ4v) is 2.55. The molecule has 0 amide bonds. The number of aliphatic carboxylic acids is 1. The Morgan fingerprint density at radius 1 is 1.27 bits per heavy atom. The van der Waals surface area contributed by atoms with Gasteiger partial charge in [-0.3, -0.25) is 4.79 Å². The zero-order valence-corrected chi connectivity index (χ0v) is 8.38. The van der Waals surface area contributed by atoms with Gasteiger partial charge in [0.05, 0.1) is 5.92 Å². The number of rotatable bonds is 1. The number of carbonyl (C=O) groups is 1. The normalized spacial score (nSPS) is 40.2. The minimum atomic E-state index is -0.563. The molecule has 0 saturated heterocycles. The summed E-state index contributed by atoms with van der Waals surface area (Å²) in [6, 6.07) is 0. The molecule has 0 aromatic rings. The molecule has 1 N–H and O–H groups in total. The van der Waals surface area contributed by atoms with Gasteiger partial charge < -0.3 is 5.11 Å². The van der Waals surface area contributed by atoms with Gasteiger partial charge in [-0.25, -0.2) is 0 Å². The molecule has 2 bridgehead atoms. The van der Waals surface area contributed by atoms with Crippen LogP contribution in [0.3, 0.4) is 0 Å². The van der Waals surface area contributed by atoms with Gasteiger partial charge >= 0.3 is 5.97 Å². The van der Waals surface area contributed by atoms with Crippen LogP contribution in [0.1, 0.15) is 25.7 Å². The van der Waals surface area contributed by atoms with Gasteiger partial charge in [0.25, 0.3) is 0 Å². The van der Waals surface area contributed by atoms with Crippen molar-refractivity contribution in [2.45, 2.75) is 25.7 Å². The number of carboxylic acids is 1. The monoisotopic (exact) mass is 337 g/mol. The Kier molecular flexibility index (Phi) is 2.79. The molecule has 2 nitrogen and oxygen atoms in total. The van der Waals surface area contributed by atoms with Crippen LogP contribution < -0.4 is 0 Å². The van der Waals surface area contributed by atoms with E-state index in [9.17, 15) is 4.79 Å². The SMILES string of the molecule is O=C(O)C1CC2CCC1C2.[Au]. The van der Waals surface area contributed by atoms with Crippen LogP contribution in [0.4, 0.5) is 0 Å². The molecule has 3 heteroatoms. The molecule has 2 aliphatic carbocycles. The van der Waals surface area contributed by atoms with Crippen molar-refractivity contribution in [3.63, 3.8) is 0 Å². The molecule has 1 radical (unpaired) electrons. The summed E-state index contributed by atoms with van der Waals surface area (Å²) in [4.78, 5) is 10.6. The molecule has 0 spiro atoms. The summed E-state index contributed by atoms with van der Waals surface area (Å²) in [5, 5.41) is 8.74. The predicted molar refractivity (Wildman–Crippen MR) is 36.6 cm³/mol. The van der Waals surface area contributed by atoms with Crippen molar-refractivity contribution in [2.24, 2.45) is 17.8 Å². The molecule has 0 aromatic carbocycles. The zero-order valence-electron chi connectivity index (χ0n) is 6.22. The average Bonchev–Trinajstić information content (AvgIpc) is 2.44. The first-order chi connectivity index (χ1) is 4.77. The van der Waals surface area contributed by atoms with Crippen LogP contribution in [0.15, 0.2) is 0 Å². The van der Waals surface area contributed by atoms with Crippen LogP contribution in [0.5, 0.6) is 0 Å². The van der Waals surface area contributed by atoms with Gasteiger partial charge in [0.15, 0.2) is 0 Å². The van der Waals surface area contributed by atoms with E-state index in [1.54, 1.807) is 0 Å². The fourth-order valence-electron chi connectivity index (χ4n) is 2.55. The van der Waals surface area contributed by atoms with E-state index in [2.05, 4.69) is 0 Å². The molecule has 11 heavy (non-hydrogen) atoms. The van der Waals surface area contributed by atoms with E-state index >= 15 is 0 Å². The average molecular weight is 337 g/mol. The van der Waals surface area contributed by atoms with E-state index in [0.717, 1.165) is 12.3 Å². The van der Waals surface area contributed by atoms with Crippen LogP contribution in [0.25, 0.3) is 0 Å². The molecule has 2 saturated carbocycles. The molecule has 67 valence electrons. The number of hydrogen-bond acceptors (Lipinski definition) is 1. The summed E-state index contributed by atoms with van der Waals surface area (Å²) in [7, 11) is 0. The van der Waals surface area contributed by atoms with Crippen molar-refractivity contribution in [3.05, 3.63) is 0 Å². The smallest absolute Gasteiger partial charge is 0.306 e. The third kappa shape index (κ3) is 1.53. The Balaban J connectivity index is 0.000000605. The maximum Gasteiger partial charge on any atom is 0.306 e. The molecular weight excluding hydrogens is 325 g/mol. The van der Waals surface area contributed by atoms with Gasteiger partial charge in [0.2, 0.25) is 0 Å². The summed E-state index contributed by atoms with van der Waals surface area (Å²) in [6.07, 6.45) is 4.60. The maximum absolute atomic E-state index is 10.6. The predicted octanol–water partition coefficient (Wildman–Crippen LogP) is 1.50. The largest absolute Gasteiger partial charge is 0.481 e. The molecular formula is C8H12AuO2. The molecule has 2 rings (SSSR count). The van der Waals surface area contributed by atoms with Crippen molar-refractivity contribution < 1.29 is 32.3 Å². The van der Waals surface area contributed by atoms with Crippen LogP contribution in [0, 0.1) is 17.8 Å². The van der Waals surface area contributed by atoms with E-state index in [0.29, 0.717) is 5.92 Å². The first kappa shape index (κ1) is 9.30. The van der Waals surface area contributed by atoms with Crippen molar-refractivity contribution in [1.82, 2.24) is 0 Å². The van der Waals surface area contributed by atoms with Gasteiger partial charge in [-0.15, -0.1) is 0 Å². The van der Waals surface area contributed by atoms with Gasteiger partial charge in [-0.05, 0) is 31.1 Å². The summed E-state index contributed by atoms with van der Waals surface area (Å²) in [6.45, 7) is 0. The first-order valence-corrected chi connectivity index (χ1v) is 4.00. The summed E-state index contributed by atoms with van der Waals surface area (Å²) in [5.74, 6) is 0.736. The van der Waals surface area contributed by atoms with Gasteiger partial charge in [-0.1, -0.05) is 6.42 Å². The van der Waals surface area contributed by atoms with E-state index in [-0.39, 0.29) is 28.3 Å². The number of hydrogen-bond donors (Lipinski definition) is 1. The van der Waals surface area contributed by atoms with Gasteiger partial charge in [0.1, 0.15) is 0 Å². The first-order valence-electron chi connectivity index (χ1n) is 4.00. The van der Waals surface area contributed by atoms with E-state index in [1.807, 2.05) is 0 Å². The van der Waals surface area contributed by atoms with Crippen LogP contribution in [0.2, 0.25) is 0 Å². The number of carboxylic acid groups (broad SMARTS) is 1. The van der Waals surface area contributed by atoms with Crippen molar-refractivity contribution >= 4 is 5.97 Å². The molecule has 2 fully saturated rings. The topological polar surface area (TPSA) is 37.3 Å². The summed E-state index contributed by atoms with van der Waals surface area (Å²) < 4.78 is 0. The molecule has 3 atom stereocenters. The number of fused-ring (bicyclic) bond motifs is 2. The maximum atomic E-state index is 10.6. The van der Waals surface area contributed by atoms with Gasteiger partial charge in [-0.2, -0.15) is 0 Å². The Morgan fingerprint density at radius 2 is 2.00 bits per heavy atom. The second kappa shape index (κ2) is 3.30. The zero-order chi connectivity index (χ0) is 7.14. The van der Waals surface area contributed by atoms with Crippen molar-refractivity contribution in [2.75, 3.05) is 0 Å². The van der Waals surface area contributed by atoms with Crippen molar-refractivity contribution in [1.29, 1.82) is 0 Å².